The number of carbonyl (C=O) groups excluding carboxylic acids is 2. The van der Waals surface area contributed by atoms with Crippen molar-refractivity contribution in [3.8, 4) is 11.3 Å². The third-order valence-corrected chi connectivity index (χ3v) is 4.26. The largest absolute Gasteiger partial charge is 0.441 e. The number of oxazole rings is 1. The number of amides is 2. The van der Waals surface area contributed by atoms with Crippen molar-refractivity contribution >= 4 is 17.5 Å². The highest BCUT2D eigenvalue weighted by Crippen LogP contribution is 2.21. The van der Waals surface area contributed by atoms with Crippen molar-refractivity contribution in [2.75, 3.05) is 19.4 Å². The van der Waals surface area contributed by atoms with Gasteiger partial charge in [0.15, 0.2) is 11.7 Å². The minimum atomic E-state index is -0.162. The lowest BCUT2D eigenvalue weighted by Gasteiger charge is -2.11. The van der Waals surface area contributed by atoms with Crippen LogP contribution < -0.4 is 5.32 Å². The first kappa shape index (κ1) is 19.4. The van der Waals surface area contributed by atoms with Crippen LogP contribution in [0.3, 0.4) is 0 Å². The molecule has 1 heterocycles. The normalized spacial score (nSPS) is 10.5. The number of nitrogens with zero attached hydrogens (tertiary/aromatic N) is 2. The second-order valence-corrected chi connectivity index (χ2v) is 6.81. The van der Waals surface area contributed by atoms with Gasteiger partial charge in [-0.3, -0.25) is 9.59 Å². The zero-order chi connectivity index (χ0) is 20.1. The Hall–Kier alpha value is -3.41. The van der Waals surface area contributed by atoms with Crippen LogP contribution in [0.5, 0.6) is 0 Å². The van der Waals surface area contributed by atoms with Gasteiger partial charge in [0.2, 0.25) is 5.91 Å². The van der Waals surface area contributed by atoms with Crippen molar-refractivity contribution in [3.05, 3.63) is 71.7 Å². The molecule has 0 atom stereocenters. The molecule has 0 unspecified atom stereocenters. The van der Waals surface area contributed by atoms with Crippen LogP contribution in [-0.4, -0.2) is 35.8 Å². The first-order valence-electron chi connectivity index (χ1n) is 9.05. The number of hydrogen-bond donors (Lipinski definition) is 1. The second kappa shape index (κ2) is 8.52. The Morgan fingerprint density at radius 1 is 1.11 bits per heavy atom. The number of anilines is 1. The second-order valence-electron chi connectivity index (χ2n) is 6.81. The molecule has 0 saturated carbocycles. The standard InChI is InChI=1S/C22H23N3O3/c1-15-7-9-16(10-8-15)19-14-23-21(28-19)12-11-20(26)24-18-6-4-5-17(13-18)22(27)25(2)3/h4-10,13-14H,11-12H2,1-3H3,(H,24,26). The lowest BCUT2D eigenvalue weighted by Crippen LogP contribution is -2.22. The Kier molecular flexibility index (Phi) is 5.89. The van der Waals surface area contributed by atoms with Crippen LogP contribution in [0.25, 0.3) is 11.3 Å². The molecule has 0 aliphatic carbocycles. The maximum Gasteiger partial charge on any atom is 0.253 e. The number of hydrogen-bond acceptors (Lipinski definition) is 4. The molecular formula is C22H23N3O3. The van der Waals surface area contributed by atoms with Gasteiger partial charge in [0.25, 0.3) is 5.91 Å². The van der Waals surface area contributed by atoms with E-state index in [0.717, 1.165) is 5.56 Å². The van der Waals surface area contributed by atoms with E-state index in [0.29, 0.717) is 29.3 Å². The van der Waals surface area contributed by atoms with Gasteiger partial charge in [-0.15, -0.1) is 0 Å². The molecule has 1 N–H and O–H groups in total. The molecule has 6 heteroatoms. The zero-order valence-electron chi connectivity index (χ0n) is 16.2. The van der Waals surface area contributed by atoms with Crippen LogP contribution in [0.1, 0.15) is 28.2 Å². The van der Waals surface area contributed by atoms with Gasteiger partial charge in [-0.25, -0.2) is 4.98 Å². The van der Waals surface area contributed by atoms with Crippen molar-refractivity contribution < 1.29 is 14.0 Å². The third-order valence-electron chi connectivity index (χ3n) is 4.26. The quantitative estimate of drug-likeness (QED) is 0.706. The highest BCUT2D eigenvalue weighted by Gasteiger charge is 2.11. The van der Waals surface area contributed by atoms with Crippen molar-refractivity contribution in [2.45, 2.75) is 19.8 Å². The van der Waals surface area contributed by atoms with E-state index in [9.17, 15) is 9.59 Å². The van der Waals surface area contributed by atoms with Crippen LogP contribution in [0.4, 0.5) is 5.69 Å². The smallest absolute Gasteiger partial charge is 0.253 e. The molecule has 0 bridgehead atoms. The molecule has 0 aliphatic rings. The molecule has 0 fully saturated rings. The summed E-state index contributed by atoms with van der Waals surface area (Å²) in [6, 6.07) is 14.9. The molecule has 3 rings (SSSR count). The van der Waals surface area contributed by atoms with Gasteiger partial charge in [0, 0.05) is 43.8 Å². The summed E-state index contributed by atoms with van der Waals surface area (Å²) in [6.45, 7) is 2.03. The van der Waals surface area contributed by atoms with E-state index in [1.807, 2.05) is 31.2 Å². The van der Waals surface area contributed by atoms with E-state index >= 15 is 0 Å². The van der Waals surface area contributed by atoms with Gasteiger partial charge < -0.3 is 14.6 Å². The molecule has 28 heavy (non-hydrogen) atoms. The van der Waals surface area contributed by atoms with E-state index in [4.69, 9.17) is 4.42 Å². The van der Waals surface area contributed by atoms with Crippen molar-refractivity contribution in [2.24, 2.45) is 0 Å². The van der Waals surface area contributed by atoms with Gasteiger partial charge >= 0.3 is 0 Å². The average molecular weight is 377 g/mol. The lowest BCUT2D eigenvalue weighted by molar-refractivity contribution is -0.116. The minimum absolute atomic E-state index is 0.112. The molecule has 2 aromatic carbocycles. The summed E-state index contributed by atoms with van der Waals surface area (Å²) in [5.74, 6) is 0.927. The van der Waals surface area contributed by atoms with Crippen molar-refractivity contribution in [1.82, 2.24) is 9.88 Å². The predicted octanol–water partition coefficient (Wildman–Crippen LogP) is 3.92. The SMILES string of the molecule is Cc1ccc(-c2cnc(CCC(=O)Nc3cccc(C(=O)N(C)C)c3)o2)cc1. The summed E-state index contributed by atoms with van der Waals surface area (Å²) in [5.41, 5.74) is 3.25. The Morgan fingerprint density at radius 3 is 2.57 bits per heavy atom. The number of nitrogens with one attached hydrogen (secondary N) is 1. The summed E-state index contributed by atoms with van der Waals surface area (Å²) in [7, 11) is 3.38. The topological polar surface area (TPSA) is 75.4 Å². The maximum absolute atomic E-state index is 12.2. The Morgan fingerprint density at radius 2 is 1.86 bits per heavy atom. The van der Waals surface area contributed by atoms with E-state index < -0.39 is 0 Å². The Balaban J connectivity index is 1.57. The Bertz CT molecular complexity index is 975. The van der Waals surface area contributed by atoms with E-state index in [1.54, 1.807) is 44.6 Å². The summed E-state index contributed by atoms with van der Waals surface area (Å²) in [6.07, 6.45) is 2.31. The van der Waals surface area contributed by atoms with Crippen LogP contribution in [0.2, 0.25) is 0 Å². The van der Waals surface area contributed by atoms with Gasteiger partial charge in [-0.1, -0.05) is 35.9 Å². The van der Waals surface area contributed by atoms with Gasteiger partial charge in [-0.05, 0) is 25.1 Å². The molecule has 0 aliphatic heterocycles. The molecule has 6 nitrogen and oxygen atoms in total. The third kappa shape index (κ3) is 4.85. The highest BCUT2D eigenvalue weighted by atomic mass is 16.4. The van der Waals surface area contributed by atoms with Gasteiger partial charge in [0.1, 0.15) is 0 Å². The van der Waals surface area contributed by atoms with Crippen molar-refractivity contribution in [3.63, 3.8) is 0 Å². The fourth-order valence-corrected chi connectivity index (χ4v) is 2.71. The van der Waals surface area contributed by atoms with Crippen LogP contribution in [0.15, 0.2) is 59.1 Å². The molecule has 3 aromatic rings. The summed E-state index contributed by atoms with van der Waals surface area (Å²) >= 11 is 0. The average Bonchev–Trinajstić information content (AvgIpc) is 3.15. The molecule has 2 amide bonds. The van der Waals surface area contributed by atoms with Gasteiger partial charge in [0.05, 0.1) is 6.20 Å². The molecule has 0 radical (unpaired) electrons. The molecule has 144 valence electrons. The monoisotopic (exact) mass is 377 g/mol. The molecular weight excluding hydrogens is 354 g/mol. The van der Waals surface area contributed by atoms with Crippen LogP contribution in [-0.2, 0) is 11.2 Å². The highest BCUT2D eigenvalue weighted by molar-refractivity contribution is 5.97. The first-order valence-corrected chi connectivity index (χ1v) is 9.05. The van der Waals surface area contributed by atoms with Crippen LogP contribution >= 0.6 is 0 Å². The molecule has 0 spiro atoms. The first-order chi connectivity index (χ1) is 13.4. The molecule has 0 saturated heterocycles. The lowest BCUT2D eigenvalue weighted by atomic mass is 10.1. The number of aromatic nitrogens is 1. The Labute approximate surface area is 164 Å². The number of rotatable bonds is 6. The number of benzene rings is 2. The number of carbonyl (C=O) groups is 2. The maximum atomic E-state index is 12.2. The summed E-state index contributed by atoms with van der Waals surface area (Å²) < 4.78 is 5.75. The predicted molar refractivity (Wildman–Crippen MR) is 108 cm³/mol. The fraction of sp³-hybridized carbons (Fsp3) is 0.227. The van der Waals surface area contributed by atoms with Crippen molar-refractivity contribution in [1.29, 1.82) is 0 Å². The van der Waals surface area contributed by atoms with Crippen LogP contribution in [0, 0.1) is 6.92 Å². The van der Waals surface area contributed by atoms with E-state index in [2.05, 4.69) is 10.3 Å². The summed E-state index contributed by atoms with van der Waals surface area (Å²) in [5, 5.41) is 2.81. The van der Waals surface area contributed by atoms with E-state index in [-0.39, 0.29) is 18.2 Å². The minimum Gasteiger partial charge on any atom is -0.441 e. The van der Waals surface area contributed by atoms with Gasteiger partial charge in [-0.2, -0.15) is 0 Å². The molecule has 1 aromatic heterocycles. The summed E-state index contributed by atoms with van der Waals surface area (Å²) in [4.78, 5) is 30.0. The number of aryl methyl sites for hydroxylation is 2. The fourth-order valence-electron chi connectivity index (χ4n) is 2.71. The zero-order valence-corrected chi connectivity index (χ0v) is 16.2. The van der Waals surface area contributed by atoms with E-state index in [1.165, 1.54) is 10.5 Å².